The van der Waals surface area contributed by atoms with Crippen LogP contribution in [-0.4, -0.2) is 50.5 Å². The molecule has 31 heavy (non-hydrogen) atoms. The second-order valence-corrected chi connectivity index (χ2v) is 9.79. The highest BCUT2D eigenvalue weighted by atomic mass is 79.9. The molecule has 162 valence electrons. The molecule has 0 bridgehead atoms. The van der Waals surface area contributed by atoms with Gasteiger partial charge < -0.3 is 10.2 Å². The number of aromatic nitrogens is 5. The maximum Gasteiger partial charge on any atom is 0.259 e. The van der Waals surface area contributed by atoms with Crippen LogP contribution in [-0.2, 0) is 0 Å². The Bertz CT molecular complexity index is 1130. The van der Waals surface area contributed by atoms with E-state index >= 15 is 0 Å². The van der Waals surface area contributed by atoms with E-state index in [9.17, 15) is 8.78 Å². The van der Waals surface area contributed by atoms with Crippen LogP contribution in [0.2, 0.25) is 0 Å². The predicted molar refractivity (Wildman–Crippen MR) is 116 cm³/mol. The summed E-state index contributed by atoms with van der Waals surface area (Å²) in [7, 11) is 0. The molecule has 1 saturated heterocycles. The summed E-state index contributed by atoms with van der Waals surface area (Å²) < 4.78 is 31.4. The molecule has 1 aliphatic heterocycles. The van der Waals surface area contributed by atoms with Crippen LogP contribution in [0, 0.1) is 11.3 Å². The molecule has 3 heterocycles. The Balaban J connectivity index is 1.28. The summed E-state index contributed by atoms with van der Waals surface area (Å²) in [5.74, 6) is -1.96. The van der Waals surface area contributed by atoms with Gasteiger partial charge in [0.15, 0.2) is 0 Å². The van der Waals surface area contributed by atoms with Crippen LogP contribution in [0.25, 0.3) is 10.9 Å². The third-order valence-corrected chi connectivity index (χ3v) is 7.80. The average Bonchev–Trinajstić information content (AvgIpc) is 3.20. The Morgan fingerprint density at radius 3 is 2.81 bits per heavy atom. The topological polar surface area (TPSA) is 71.8 Å². The van der Waals surface area contributed by atoms with Gasteiger partial charge in [-0.1, -0.05) is 27.6 Å². The number of anilines is 2. The summed E-state index contributed by atoms with van der Waals surface area (Å²) in [5, 5.41) is 12.1. The van der Waals surface area contributed by atoms with E-state index in [0.29, 0.717) is 18.8 Å². The first kappa shape index (κ1) is 19.3. The fourth-order valence-corrected chi connectivity index (χ4v) is 5.68. The van der Waals surface area contributed by atoms with E-state index < -0.39 is 17.3 Å². The van der Waals surface area contributed by atoms with E-state index in [2.05, 4.69) is 41.4 Å². The van der Waals surface area contributed by atoms with Crippen molar-refractivity contribution in [1.82, 2.24) is 25.0 Å². The van der Waals surface area contributed by atoms with E-state index in [1.165, 1.54) is 0 Å². The lowest BCUT2D eigenvalue weighted by Gasteiger charge is -2.26. The lowest BCUT2D eigenvalue weighted by molar-refractivity contribution is 0.0282. The van der Waals surface area contributed by atoms with Crippen molar-refractivity contribution in [2.75, 3.05) is 29.9 Å². The van der Waals surface area contributed by atoms with Crippen molar-refractivity contribution in [3.05, 3.63) is 35.1 Å². The van der Waals surface area contributed by atoms with Crippen molar-refractivity contribution in [2.24, 2.45) is 11.3 Å². The van der Waals surface area contributed by atoms with Crippen LogP contribution in [0.4, 0.5) is 20.5 Å². The molecular weight excluding hydrogens is 468 g/mol. The van der Waals surface area contributed by atoms with Gasteiger partial charge >= 0.3 is 0 Å². The van der Waals surface area contributed by atoms with Crippen molar-refractivity contribution < 1.29 is 8.78 Å². The molecule has 6 rings (SSSR count). The number of rotatable bonds is 5. The second kappa shape index (κ2) is 6.82. The van der Waals surface area contributed by atoms with E-state index in [1.54, 1.807) is 6.20 Å². The highest BCUT2D eigenvalue weighted by molar-refractivity contribution is 9.10. The predicted octanol–water partition coefficient (Wildman–Crippen LogP) is 4.28. The van der Waals surface area contributed by atoms with Crippen molar-refractivity contribution in [2.45, 2.75) is 37.6 Å². The van der Waals surface area contributed by atoms with Crippen LogP contribution < -0.4 is 10.2 Å². The minimum absolute atomic E-state index is 0.204. The largest absolute Gasteiger partial charge is 0.354 e. The first-order valence-electron chi connectivity index (χ1n) is 10.7. The van der Waals surface area contributed by atoms with Crippen LogP contribution >= 0.6 is 15.9 Å². The Morgan fingerprint density at radius 1 is 1.23 bits per heavy atom. The van der Waals surface area contributed by atoms with E-state index in [4.69, 9.17) is 4.98 Å². The van der Waals surface area contributed by atoms with Crippen LogP contribution in [0.5, 0.6) is 0 Å². The minimum atomic E-state index is -2.57. The molecule has 0 radical (unpaired) electrons. The molecule has 2 aliphatic carbocycles. The maximum atomic E-state index is 14.3. The number of halogens is 3. The van der Waals surface area contributed by atoms with Gasteiger partial charge in [0.25, 0.3) is 5.92 Å². The smallest absolute Gasteiger partial charge is 0.259 e. The van der Waals surface area contributed by atoms with Crippen LogP contribution in [0.3, 0.4) is 0 Å². The molecule has 0 amide bonds. The molecule has 3 fully saturated rings. The van der Waals surface area contributed by atoms with Gasteiger partial charge in [0.2, 0.25) is 5.95 Å². The van der Waals surface area contributed by atoms with E-state index in [-0.39, 0.29) is 12.6 Å². The van der Waals surface area contributed by atoms with Crippen molar-refractivity contribution in [3.63, 3.8) is 0 Å². The number of fused-ring (bicyclic) bond motifs is 1. The number of benzene rings is 1. The standard InChI is InChI=1S/C21H22BrF2N7/c22-13-2-3-16-15(10-13)18(30-8-4-14(12-30)31-9-7-26-29-31)28-19(27-16)25-11-17-20(5-1-6-20)21(17,23)24/h2-3,7,9-10,14,17H,1,4-6,8,11-12H2,(H,25,27,28)/t14-,17?/m0/s1. The van der Waals surface area contributed by atoms with Gasteiger partial charge in [-0.25, -0.2) is 18.4 Å². The molecule has 7 nitrogen and oxygen atoms in total. The summed E-state index contributed by atoms with van der Waals surface area (Å²) in [6.07, 6.45) is 6.65. The summed E-state index contributed by atoms with van der Waals surface area (Å²) in [4.78, 5) is 11.6. The van der Waals surface area contributed by atoms with Gasteiger partial charge in [0, 0.05) is 41.1 Å². The molecule has 3 aliphatic rings. The molecule has 1 spiro atoms. The number of alkyl halides is 2. The van der Waals surface area contributed by atoms with Gasteiger partial charge in [-0.15, -0.1) is 5.10 Å². The monoisotopic (exact) mass is 489 g/mol. The molecule has 1 aromatic carbocycles. The van der Waals surface area contributed by atoms with Gasteiger partial charge in [0.1, 0.15) is 5.82 Å². The highest BCUT2D eigenvalue weighted by Crippen LogP contribution is 2.75. The molecule has 2 atom stereocenters. The maximum absolute atomic E-state index is 14.3. The zero-order valence-corrected chi connectivity index (χ0v) is 18.4. The molecule has 2 saturated carbocycles. The molecule has 1 N–H and O–H groups in total. The molecule has 10 heteroatoms. The highest BCUT2D eigenvalue weighted by Gasteiger charge is 2.81. The number of nitrogens with zero attached hydrogens (tertiary/aromatic N) is 6. The second-order valence-electron chi connectivity index (χ2n) is 8.87. The molecule has 3 aromatic rings. The van der Waals surface area contributed by atoms with Crippen molar-refractivity contribution in [1.29, 1.82) is 0 Å². The van der Waals surface area contributed by atoms with E-state index in [1.807, 2.05) is 29.1 Å². The van der Waals surface area contributed by atoms with Gasteiger partial charge in [-0.2, -0.15) is 4.98 Å². The Labute approximate surface area is 186 Å². The van der Waals surface area contributed by atoms with Gasteiger partial charge in [-0.3, -0.25) is 0 Å². The molecule has 2 aromatic heterocycles. The number of hydrogen-bond acceptors (Lipinski definition) is 6. The fraction of sp³-hybridized carbons (Fsp3) is 0.524. The quantitative estimate of drug-likeness (QED) is 0.576. The summed E-state index contributed by atoms with van der Waals surface area (Å²) in [6, 6.07) is 6.10. The summed E-state index contributed by atoms with van der Waals surface area (Å²) in [6.45, 7) is 1.79. The van der Waals surface area contributed by atoms with Crippen molar-refractivity contribution in [3.8, 4) is 0 Å². The Morgan fingerprint density at radius 2 is 2.10 bits per heavy atom. The lowest BCUT2D eigenvalue weighted by atomic mass is 9.79. The van der Waals surface area contributed by atoms with Gasteiger partial charge in [0.05, 0.1) is 23.7 Å². The lowest BCUT2D eigenvalue weighted by Crippen LogP contribution is -2.23. The summed E-state index contributed by atoms with van der Waals surface area (Å²) >= 11 is 3.54. The Kier molecular flexibility index (Phi) is 4.25. The number of hydrogen-bond donors (Lipinski definition) is 1. The Hall–Kier alpha value is -2.36. The zero-order chi connectivity index (χ0) is 21.2. The normalized spacial score (nSPS) is 25.7. The first-order valence-corrected chi connectivity index (χ1v) is 11.5. The third-order valence-electron chi connectivity index (χ3n) is 7.31. The number of nitrogens with one attached hydrogen (secondary N) is 1. The SMILES string of the molecule is FC1(F)C(CNc2nc(N3CC[C@H](n4ccnn4)C3)c3cc(Br)ccc3n2)C12CCC2. The van der Waals surface area contributed by atoms with E-state index in [0.717, 1.165) is 47.1 Å². The van der Waals surface area contributed by atoms with Crippen molar-refractivity contribution >= 4 is 38.6 Å². The first-order chi connectivity index (χ1) is 15.0. The zero-order valence-electron chi connectivity index (χ0n) is 16.8. The third kappa shape index (κ3) is 2.94. The average molecular weight is 490 g/mol. The molecular formula is C21H22BrF2N7. The van der Waals surface area contributed by atoms with Gasteiger partial charge in [-0.05, 0) is 37.5 Å². The van der Waals surface area contributed by atoms with Crippen LogP contribution in [0.15, 0.2) is 35.1 Å². The molecule has 1 unspecified atom stereocenters. The fourth-order valence-electron chi connectivity index (χ4n) is 5.31. The summed E-state index contributed by atoms with van der Waals surface area (Å²) in [5.41, 5.74) is 0.0191. The minimum Gasteiger partial charge on any atom is -0.354 e. The van der Waals surface area contributed by atoms with Crippen LogP contribution in [0.1, 0.15) is 31.7 Å².